The third kappa shape index (κ3) is 2.30. The smallest absolute Gasteiger partial charge is 0.128 e. The average molecular weight is 238 g/mol. The minimum absolute atomic E-state index is 1.02. The molecular formula is C15H16N3. The minimum atomic E-state index is 1.02. The Morgan fingerprint density at radius 2 is 1.61 bits per heavy atom. The van der Waals surface area contributed by atoms with E-state index in [9.17, 15) is 0 Å². The predicted molar refractivity (Wildman–Crippen MR) is 73.9 cm³/mol. The van der Waals surface area contributed by atoms with Crippen LogP contribution in [0.2, 0.25) is 0 Å². The molecule has 0 spiro atoms. The number of piperazine rings is 1. The fraction of sp³-hybridized carbons (Fsp3) is 0.267. The maximum Gasteiger partial charge on any atom is 0.128 e. The van der Waals surface area contributed by atoms with Crippen molar-refractivity contribution in [1.82, 2.24) is 4.98 Å². The Balaban J connectivity index is 1.65. The molecule has 2 heterocycles. The maximum absolute atomic E-state index is 4.35. The molecule has 2 aromatic rings. The Bertz CT molecular complexity index is 428. The van der Waals surface area contributed by atoms with E-state index in [0.717, 1.165) is 32.0 Å². The molecule has 1 fully saturated rings. The van der Waals surface area contributed by atoms with Crippen molar-refractivity contribution in [3.05, 3.63) is 54.7 Å². The van der Waals surface area contributed by atoms with E-state index >= 15 is 0 Å². The van der Waals surface area contributed by atoms with E-state index < -0.39 is 0 Å². The molecule has 1 aliphatic rings. The second-order valence-electron chi connectivity index (χ2n) is 4.43. The number of aromatic nitrogens is 1. The van der Waals surface area contributed by atoms with Gasteiger partial charge in [0.05, 0.1) is 0 Å². The summed E-state index contributed by atoms with van der Waals surface area (Å²) in [6.45, 7) is 4.13. The summed E-state index contributed by atoms with van der Waals surface area (Å²) < 4.78 is 0. The summed E-state index contributed by atoms with van der Waals surface area (Å²) in [6.07, 6.45) is 1.74. The lowest BCUT2D eigenvalue weighted by molar-refractivity contribution is 0.647. The van der Waals surface area contributed by atoms with Crippen molar-refractivity contribution in [3.8, 4) is 0 Å². The molecule has 0 N–H and O–H groups in total. The molecule has 0 saturated carbocycles. The summed E-state index contributed by atoms with van der Waals surface area (Å²) in [6, 6.07) is 17.5. The topological polar surface area (TPSA) is 19.4 Å². The molecule has 0 aliphatic carbocycles. The maximum atomic E-state index is 4.35. The van der Waals surface area contributed by atoms with Gasteiger partial charge in [-0.2, -0.15) is 0 Å². The van der Waals surface area contributed by atoms with Crippen LogP contribution in [0, 0.1) is 6.07 Å². The Hall–Kier alpha value is -2.03. The Morgan fingerprint density at radius 1 is 0.889 bits per heavy atom. The lowest BCUT2D eigenvalue weighted by Crippen LogP contribution is -2.46. The molecule has 3 nitrogen and oxygen atoms in total. The van der Waals surface area contributed by atoms with Crippen LogP contribution in [0.25, 0.3) is 0 Å². The molecule has 3 heteroatoms. The van der Waals surface area contributed by atoms with Gasteiger partial charge in [-0.3, -0.25) is 0 Å². The summed E-state index contributed by atoms with van der Waals surface area (Å²) >= 11 is 0. The molecule has 3 rings (SSSR count). The highest BCUT2D eigenvalue weighted by molar-refractivity contribution is 5.49. The van der Waals surface area contributed by atoms with E-state index in [1.807, 2.05) is 12.1 Å². The first-order chi connectivity index (χ1) is 8.93. The Labute approximate surface area is 108 Å². The molecule has 0 amide bonds. The van der Waals surface area contributed by atoms with Gasteiger partial charge in [0, 0.05) is 44.1 Å². The minimum Gasteiger partial charge on any atom is -0.368 e. The second kappa shape index (κ2) is 5.08. The van der Waals surface area contributed by atoms with Gasteiger partial charge < -0.3 is 9.80 Å². The molecule has 1 radical (unpaired) electrons. The fourth-order valence-corrected chi connectivity index (χ4v) is 2.33. The van der Waals surface area contributed by atoms with Crippen molar-refractivity contribution < 1.29 is 0 Å². The van der Waals surface area contributed by atoms with Crippen LogP contribution in [0.3, 0.4) is 0 Å². The van der Waals surface area contributed by atoms with Crippen molar-refractivity contribution in [3.63, 3.8) is 0 Å². The number of anilines is 2. The number of benzene rings is 1. The van der Waals surface area contributed by atoms with Crippen LogP contribution in [0.1, 0.15) is 0 Å². The zero-order chi connectivity index (χ0) is 12.2. The first-order valence-corrected chi connectivity index (χ1v) is 6.30. The molecule has 1 aromatic carbocycles. The molecular weight excluding hydrogens is 222 g/mol. The summed E-state index contributed by atoms with van der Waals surface area (Å²) in [4.78, 5) is 9.10. The highest BCUT2D eigenvalue weighted by Crippen LogP contribution is 2.18. The van der Waals surface area contributed by atoms with Gasteiger partial charge in [0.2, 0.25) is 0 Å². The quantitative estimate of drug-likeness (QED) is 0.799. The number of nitrogens with zero attached hydrogens (tertiary/aromatic N) is 3. The predicted octanol–water partition coefficient (Wildman–Crippen LogP) is 2.21. The van der Waals surface area contributed by atoms with E-state index in [2.05, 4.69) is 51.2 Å². The van der Waals surface area contributed by atoms with Crippen molar-refractivity contribution in [2.75, 3.05) is 36.0 Å². The highest BCUT2D eigenvalue weighted by atomic mass is 15.3. The van der Waals surface area contributed by atoms with Gasteiger partial charge >= 0.3 is 0 Å². The highest BCUT2D eigenvalue weighted by Gasteiger charge is 2.17. The molecule has 91 valence electrons. The van der Waals surface area contributed by atoms with E-state index in [-0.39, 0.29) is 0 Å². The van der Waals surface area contributed by atoms with Crippen LogP contribution in [0.4, 0.5) is 11.5 Å². The fourth-order valence-electron chi connectivity index (χ4n) is 2.33. The molecule has 18 heavy (non-hydrogen) atoms. The summed E-state index contributed by atoms with van der Waals surface area (Å²) in [7, 11) is 0. The average Bonchev–Trinajstić information content (AvgIpc) is 2.49. The van der Waals surface area contributed by atoms with Crippen molar-refractivity contribution >= 4 is 11.5 Å². The van der Waals surface area contributed by atoms with Gasteiger partial charge in [-0.25, -0.2) is 4.98 Å². The Morgan fingerprint density at radius 3 is 2.28 bits per heavy atom. The van der Waals surface area contributed by atoms with Gasteiger partial charge in [-0.1, -0.05) is 18.2 Å². The second-order valence-corrected chi connectivity index (χ2v) is 4.43. The van der Waals surface area contributed by atoms with E-state index in [0.29, 0.717) is 0 Å². The summed E-state index contributed by atoms with van der Waals surface area (Å²) in [5, 5.41) is 0. The van der Waals surface area contributed by atoms with Crippen LogP contribution in [-0.2, 0) is 0 Å². The third-order valence-corrected chi connectivity index (χ3v) is 3.32. The SMILES string of the molecule is [c]1ccc(N2CCN(c3ccccc3)CC2)nc1. The van der Waals surface area contributed by atoms with Gasteiger partial charge in [0.25, 0.3) is 0 Å². The molecule has 1 aliphatic heterocycles. The van der Waals surface area contributed by atoms with E-state index in [1.54, 1.807) is 6.20 Å². The van der Waals surface area contributed by atoms with E-state index in [4.69, 9.17) is 0 Å². The van der Waals surface area contributed by atoms with Gasteiger partial charge in [0.1, 0.15) is 5.82 Å². The number of rotatable bonds is 2. The number of hydrogen-bond donors (Lipinski definition) is 0. The number of pyridine rings is 1. The lowest BCUT2D eigenvalue weighted by atomic mass is 10.2. The molecule has 1 aromatic heterocycles. The third-order valence-electron chi connectivity index (χ3n) is 3.32. The van der Waals surface area contributed by atoms with Gasteiger partial charge in [0.15, 0.2) is 0 Å². The lowest BCUT2D eigenvalue weighted by Gasteiger charge is -2.36. The first kappa shape index (κ1) is 11.1. The van der Waals surface area contributed by atoms with Crippen LogP contribution in [-0.4, -0.2) is 31.2 Å². The Kier molecular flexibility index (Phi) is 3.13. The molecule has 0 unspecified atom stereocenters. The van der Waals surface area contributed by atoms with Crippen molar-refractivity contribution in [2.24, 2.45) is 0 Å². The zero-order valence-electron chi connectivity index (χ0n) is 10.3. The molecule has 1 saturated heterocycles. The monoisotopic (exact) mass is 238 g/mol. The van der Waals surface area contributed by atoms with Crippen LogP contribution >= 0.6 is 0 Å². The van der Waals surface area contributed by atoms with Crippen LogP contribution in [0.5, 0.6) is 0 Å². The van der Waals surface area contributed by atoms with Gasteiger partial charge in [-0.15, -0.1) is 0 Å². The molecule has 0 atom stereocenters. The van der Waals surface area contributed by atoms with Crippen LogP contribution < -0.4 is 9.80 Å². The van der Waals surface area contributed by atoms with Gasteiger partial charge in [-0.05, 0) is 24.3 Å². The normalized spacial score (nSPS) is 15.8. The number of para-hydroxylation sites is 1. The van der Waals surface area contributed by atoms with Crippen molar-refractivity contribution in [2.45, 2.75) is 0 Å². The van der Waals surface area contributed by atoms with Crippen molar-refractivity contribution in [1.29, 1.82) is 0 Å². The van der Waals surface area contributed by atoms with Crippen LogP contribution in [0.15, 0.2) is 48.7 Å². The molecule has 0 bridgehead atoms. The standard InChI is InChI=1S/C15H16N3/c1-2-6-14(7-3-1)17-10-12-18(13-11-17)15-8-4-5-9-16-15/h1-4,6-9H,10-13H2. The summed E-state index contributed by atoms with van der Waals surface area (Å²) in [5.74, 6) is 1.06. The zero-order valence-corrected chi connectivity index (χ0v) is 10.3. The summed E-state index contributed by atoms with van der Waals surface area (Å²) in [5.41, 5.74) is 1.31. The number of hydrogen-bond acceptors (Lipinski definition) is 3. The first-order valence-electron chi connectivity index (χ1n) is 6.30. The largest absolute Gasteiger partial charge is 0.368 e. The van der Waals surface area contributed by atoms with E-state index in [1.165, 1.54) is 5.69 Å².